The lowest BCUT2D eigenvalue weighted by atomic mass is 10.1. The van der Waals surface area contributed by atoms with E-state index in [9.17, 15) is 4.79 Å². The summed E-state index contributed by atoms with van der Waals surface area (Å²) in [6.45, 7) is 2.01. The zero-order chi connectivity index (χ0) is 11.4. The predicted molar refractivity (Wildman–Crippen MR) is 61.7 cm³/mol. The van der Waals surface area contributed by atoms with Crippen LogP contribution in [-0.2, 0) is 9.53 Å². The normalized spacial score (nSPS) is 12.3. The molecule has 1 aromatic rings. The summed E-state index contributed by atoms with van der Waals surface area (Å²) in [5.74, 6) is -0.488. The van der Waals surface area contributed by atoms with Crippen LogP contribution in [0.1, 0.15) is 17.9 Å². The van der Waals surface area contributed by atoms with Crippen LogP contribution in [0.2, 0.25) is 10.0 Å². The van der Waals surface area contributed by atoms with Crippen molar-refractivity contribution in [3.63, 3.8) is 0 Å². The second kappa shape index (κ2) is 5.59. The summed E-state index contributed by atoms with van der Waals surface area (Å²) in [7, 11) is 0. The molecule has 0 aliphatic heterocycles. The summed E-state index contributed by atoms with van der Waals surface area (Å²) >= 11 is 17.4. The van der Waals surface area contributed by atoms with E-state index in [0.29, 0.717) is 22.2 Å². The van der Waals surface area contributed by atoms with E-state index in [1.165, 1.54) is 0 Å². The molecule has 0 saturated carbocycles. The van der Waals surface area contributed by atoms with Crippen molar-refractivity contribution in [3.05, 3.63) is 33.8 Å². The fourth-order valence-corrected chi connectivity index (χ4v) is 1.53. The summed E-state index contributed by atoms with van der Waals surface area (Å²) in [4.78, 5) is 11.3. The topological polar surface area (TPSA) is 26.3 Å². The lowest BCUT2D eigenvalue weighted by Crippen LogP contribution is -2.10. The van der Waals surface area contributed by atoms with Gasteiger partial charge in [-0.25, -0.2) is 0 Å². The van der Waals surface area contributed by atoms with Crippen molar-refractivity contribution in [1.82, 2.24) is 0 Å². The van der Waals surface area contributed by atoms with E-state index in [1.807, 2.05) is 0 Å². The minimum Gasteiger partial charge on any atom is -0.465 e. The molecular weight excluding hydrogens is 258 g/mol. The molecule has 0 radical (unpaired) electrons. The summed E-state index contributed by atoms with van der Waals surface area (Å²) in [5.41, 5.74) is 0.574. The maximum Gasteiger partial charge on any atom is 0.328 e. The molecular formula is C10H9Cl3O2. The molecule has 1 atom stereocenters. The molecule has 0 amide bonds. The molecule has 0 aromatic heterocycles. The van der Waals surface area contributed by atoms with Gasteiger partial charge in [0.15, 0.2) is 5.38 Å². The Morgan fingerprint density at radius 2 is 2.07 bits per heavy atom. The third-order valence-corrected chi connectivity index (χ3v) is 2.90. The van der Waals surface area contributed by atoms with E-state index >= 15 is 0 Å². The van der Waals surface area contributed by atoms with Crippen LogP contribution < -0.4 is 0 Å². The van der Waals surface area contributed by atoms with Gasteiger partial charge in [-0.1, -0.05) is 29.3 Å². The van der Waals surface area contributed by atoms with Crippen molar-refractivity contribution >= 4 is 40.8 Å². The second-order valence-electron chi connectivity index (χ2n) is 2.79. The van der Waals surface area contributed by atoms with Crippen molar-refractivity contribution in [2.75, 3.05) is 6.61 Å². The van der Waals surface area contributed by atoms with Crippen molar-refractivity contribution < 1.29 is 9.53 Å². The molecule has 0 N–H and O–H groups in total. The van der Waals surface area contributed by atoms with Gasteiger partial charge in [0.1, 0.15) is 0 Å². The van der Waals surface area contributed by atoms with Gasteiger partial charge in [-0.2, -0.15) is 0 Å². The predicted octanol–water partition coefficient (Wildman–Crippen LogP) is 3.84. The van der Waals surface area contributed by atoms with E-state index < -0.39 is 11.3 Å². The molecule has 0 aliphatic carbocycles. The highest BCUT2D eigenvalue weighted by atomic mass is 35.5. The van der Waals surface area contributed by atoms with Crippen molar-refractivity contribution in [2.45, 2.75) is 12.3 Å². The summed E-state index contributed by atoms with van der Waals surface area (Å²) in [5, 5.41) is -0.0584. The van der Waals surface area contributed by atoms with Crippen LogP contribution in [-0.4, -0.2) is 12.6 Å². The van der Waals surface area contributed by atoms with Gasteiger partial charge in [0.2, 0.25) is 0 Å². The molecule has 0 saturated heterocycles. The SMILES string of the molecule is CCOC(=O)C(Cl)c1ccc(Cl)c(Cl)c1. The van der Waals surface area contributed by atoms with Crippen LogP contribution in [0.15, 0.2) is 18.2 Å². The minimum absolute atomic E-state index is 0.295. The molecule has 1 aromatic carbocycles. The first-order valence-corrected chi connectivity index (χ1v) is 5.51. The summed E-state index contributed by atoms with van der Waals surface area (Å²) < 4.78 is 4.78. The van der Waals surface area contributed by atoms with E-state index in [-0.39, 0.29) is 0 Å². The zero-order valence-corrected chi connectivity index (χ0v) is 10.2. The van der Waals surface area contributed by atoms with Gasteiger partial charge in [-0.05, 0) is 24.6 Å². The van der Waals surface area contributed by atoms with Crippen LogP contribution in [0.5, 0.6) is 0 Å². The largest absolute Gasteiger partial charge is 0.465 e. The number of rotatable bonds is 3. The molecule has 2 nitrogen and oxygen atoms in total. The highest BCUT2D eigenvalue weighted by molar-refractivity contribution is 6.42. The minimum atomic E-state index is -0.847. The Labute approximate surface area is 103 Å². The number of esters is 1. The highest BCUT2D eigenvalue weighted by Gasteiger charge is 2.19. The molecule has 5 heteroatoms. The first-order valence-electron chi connectivity index (χ1n) is 4.32. The Balaban J connectivity index is 2.86. The Morgan fingerprint density at radius 1 is 1.40 bits per heavy atom. The number of alkyl halides is 1. The summed E-state index contributed by atoms with van der Waals surface area (Å²) in [6, 6.07) is 4.79. The van der Waals surface area contributed by atoms with Crippen LogP contribution in [0, 0.1) is 0 Å². The Morgan fingerprint density at radius 3 is 2.60 bits per heavy atom. The Kier molecular flexibility index (Phi) is 4.71. The van der Waals surface area contributed by atoms with Gasteiger partial charge in [0.05, 0.1) is 16.7 Å². The number of halogens is 3. The van der Waals surface area contributed by atoms with Crippen molar-refractivity contribution in [1.29, 1.82) is 0 Å². The molecule has 0 spiro atoms. The zero-order valence-electron chi connectivity index (χ0n) is 7.97. The maximum atomic E-state index is 11.3. The highest BCUT2D eigenvalue weighted by Crippen LogP contribution is 2.29. The van der Waals surface area contributed by atoms with Gasteiger partial charge in [0.25, 0.3) is 0 Å². The maximum absolute atomic E-state index is 11.3. The Bertz CT molecular complexity index is 366. The first-order chi connectivity index (χ1) is 7.06. The molecule has 0 bridgehead atoms. The van der Waals surface area contributed by atoms with E-state index in [2.05, 4.69) is 0 Å². The third-order valence-electron chi connectivity index (χ3n) is 1.73. The lowest BCUT2D eigenvalue weighted by molar-refractivity contribution is -0.142. The third kappa shape index (κ3) is 3.26. The molecule has 0 aliphatic rings. The standard InChI is InChI=1S/C10H9Cl3O2/c1-2-15-10(14)9(13)6-3-4-7(11)8(12)5-6/h3-5,9H,2H2,1H3. The smallest absolute Gasteiger partial charge is 0.328 e. The van der Waals surface area contributed by atoms with E-state index in [1.54, 1.807) is 25.1 Å². The van der Waals surface area contributed by atoms with Crippen LogP contribution in [0.3, 0.4) is 0 Å². The molecule has 1 unspecified atom stereocenters. The van der Waals surface area contributed by atoms with Crippen LogP contribution in [0.4, 0.5) is 0 Å². The van der Waals surface area contributed by atoms with Gasteiger partial charge in [-0.3, -0.25) is 4.79 Å². The van der Waals surface area contributed by atoms with Crippen molar-refractivity contribution in [3.8, 4) is 0 Å². The second-order valence-corrected chi connectivity index (χ2v) is 4.04. The average molecular weight is 268 g/mol. The van der Waals surface area contributed by atoms with Crippen molar-refractivity contribution in [2.24, 2.45) is 0 Å². The fraction of sp³-hybridized carbons (Fsp3) is 0.300. The molecule has 15 heavy (non-hydrogen) atoms. The first kappa shape index (κ1) is 12.6. The van der Waals surface area contributed by atoms with Crippen LogP contribution in [0.25, 0.3) is 0 Å². The monoisotopic (exact) mass is 266 g/mol. The molecule has 0 heterocycles. The quantitative estimate of drug-likeness (QED) is 0.614. The number of hydrogen-bond donors (Lipinski definition) is 0. The number of ether oxygens (including phenoxy) is 1. The molecule has 1 rings (SSSR count). The fourth-order valence-electron chi connectivity index (χ4n) is 1.02. The molecule has 82 valence electrons. The van der Waals surface area contributed by atoms with Crippen LogP contribution >= 0.6 is 34.8 Å². The van der Waals surface area contributed by atoms with E-state index in [0.717, 1.165) is 0 Å². The van der Waals surface area contributed by atoms with Gasteiger partial charge in [-0.15, -0.1) is 11.6 Å². The lowest BCUT2D eigenvalue weighted by Gasteiger charge is -2.09. The number of hydrogen-bond acceptors (Lipinski definition) is 2. The number of carbonyl (C=O) groups is 1. The molecule has 0 fully saturated rings. The van der Waals surface area contributed by atoms with Gasteiger partial charge >= 0.3 is 5.97 Å². The average Bonchev–Trinajstić information content (AvgIpc) is 2.21. The number of benzene rings is 1. The van der Waals surface area contributed by atoms with E-state index in [4.69, 9.17) is 39.5 Å². The number of carbonyl (C=O) groups excluding carboxylic acids is 1. The van der Waals surface area contributed by atoms with Gasteiger partial charge < -0.3 is 4.74 Å². The Hall–Kier alpha value is -0.440. The van der Waals surface area contributed by atoms with Gasteiger partial charge in [0, 0.05) is 0 Å². The summed E-state index contributed by atoms with van der Waals surface area (Å²) in [6.07, 6.45) is 0.